The van der Waals surface area contributed by atoms with Gasteiger partial charge in [0.1, 0.15) is 0 Å². The molecule has 0 spiro atoms. The van der Waals surface area contributed by atoms with E-state index in [0.717, 1.165) is 31.2 Å². The van der Waals surface area contributed by atoms with Crippen molar-refractivity contribution in [2.24, 2.45) is 5.14 Å². The maximum absolute atomic E-state index is 12.2. The summed E-state index contributed by atoms with van der Waals surface area (Å²) in [6, 6.07) is 6.30. The highest BCUT2D eigenvalue weighted by Crippen LogP contribution is 2.21. The van der Waals surface area contributed by atoms with Gasteiger partial charge in [-0.1, -0.05) is 93.9 Å². The number of aromatic nitrogens is 2. The fraction of sp³-hybridized carbons (Fsp3) is 0.593. The van der Waals surface area contributed by atoms with E-state index in [1.165, 1.54) is 81.3 Å². The molecule has 0 fully saturated rings. The minimum atomic E-state index is -3.70. The molecule has 1 aromatic heterocycles. The van der Waals surface area contributed by atoms with E-state index in [1.54, 1.807) is 12.1 Å². The second kappa shape index (κ2) is 18.0. The first kappa shape index (κ1) is 30.9. The fourth-order valence-corrected chi connectivity index (χ4v) is 5.03. The number of unbranched alkanes of at least 4 members (excludes halogenated alkanes) is 11. The summed E-state index contributed by atoms with van der Waals surface area (Å²) < 4.78 is 22.6. The number of benzene rings is 1. The SMILES string of the molecule is CCCCCCCCC=CCCCCCCCC(=O)Nc1nnc(NCc2ccc(S(N)(=O)=O)cc2)s1. The standard InChI is InChI=1S/C27H43N5O3S2/c1-2-3-4-5-6-7-8-9-10-11-12-13-14-15-16-17-25(33)30-27-32-31-26(36-27)29-22-23-18-20-24(21-19-23)37(28,34)35/h9-10,18-21H,2-8,11-17,22H2,1H3,(H,29,31)(H2,28,34,35)(H,30,32,33). The third-order valence-electron chi connectivity index (χ3n) is 6.03. The molecule has 0 saturated heterocycles. The predicted octanol–water partition coefficient (Wildman–Crippen LogP) is 6.77. The smallest absolute Gasteiger partial charge is 0.238 e. The van der Waals surface area contributed by atoms with E-state index in [4.69, 9.17) is 5.14 Å². The van der Waals surface area contributed by atoms with Gasteiger partial charge in [-0.25, -0.2) is 13.6 Å². The molecule has 0 unspecified atom stereocenters. The average Bonchev–Trinajstić information content (AvgIpc) is 3.32. The molecule has 0 aliphatic carbocycles. The number of hydrogen-bond donors (Lipinski definition) is 3. The number of carbonyl (C=O) groups is 1. The number of nitrogens with two attached hydrogens (primary N) is 1. The monoisotopic (exact) mass is 549 g/mol. The van der Waals surface area contributed by atoms with Crippen molar-refractivity contribution in [3.8, 4) is 0 Å². The van der Waals surface area contributed by atoms with Crippen molar-refractivity contribution in [1.82, 2.24) is 10.2 Å². The summed E-state index contributed by atoms with van der Waals surface area (Å²) in [4.78, 5) is 12.3. The van der Waals surface area contributed by atoms with Gasteiger partial charge in [-0.2, -0.15) is 0 Å². The Hall–Kier alpha value is -2.30. The van der Waals surface area contributed by atoms with Crippen molar-refractivity contribution < 1.29 is 13.2 Å². The van der Waals surface area contributed by atoms with Crippen LogP contribution >= 0.6 is 11.3 Å². The Balaban J connectivity index is 1.49. The van der Waals surface area contributed by atoms with E-state index in [2.05, 4.69) is 39.9 Å². The highest BCUT2D eigenvalue weighted by atomic mass is 32.2. The fourth-order valence-electron chi connectivity index (χ4n) is 3.86. The van der Waals surface area contributed by atoms with Gasteiger partial charge in [0.2, 0.25) is 26.2 Å². The van der Waals surface area contributed by atoms with Gasteiger partial charge in [0.05, 0.1) is 4.90 Å². The molecule has 0 atom stereocenters. The summed E-state index contributed by atoms with van der Waals surface area (Å²) in [6.45, 7) is 2.70. The van der Waals surface area contributed by atoms with E-state index >= 15 is 0 Å². The second-order valence-electron chi connectivity index (χ2n) is 9.34. The highest BCUT2D eigenvalue weighted by Gasteiger charge is 2.09. The first-order chi connectivity index (χ1) is 17.9. The number of primary sulfonamides is 1. The molecule has 0 saturated carbocycles. The number of sulfonamides is 1. The quantitative estimate of drug-likeness (QED) is 0.123. The van der Waals surface area contributed by atoms with Crippen LogP contribution in [0.4, 0.5) is 10.3 Å². The van der Waals surface area contributed by atoms with E-state index in [1.807, 2.05) is 0 Å². The molecule has 0 radical (unpaired) electrons. The van der Waals surface area contributed by atoms with Crippen LogP contribution in [0.25, 0.3) is 0 Å². The maximum Gasteiger partial charge on any atom is 0.238 e. The van der Waals surface area contributed by atoms with Crippen molar-refractivity contribution in [3.05, 3.63) is 42.0 Å². The van der Waals surface area contributed by atoms with Crippen molar-refractivity contribution >= 4 is 37.5 Å². The van der Waals surface area contributed by atoms with Crippen LogP contribution in [0.5, 0.6) is 0 Å². The van der Waals surface area contributed by atoms with Crippen LogP contribution in [0.15, 0.2) is 41.3 Å². The molecule has 4 N–H and O–H groups in total. The van der Waals surface area contributed by atoms with Crippen LogP contribution in [0.1, 0.15) is 102 Å². The topological polar surface area (TPSA) is 127 Å². The summed E-state index contributed by atoms with van der Waals surface area (Å²) in [6.07, 6.45) is 21.2. The Kier molecular flexibility index (Phi) is 15.1. The number of nitrogens with zero attached hydrogens (tertiary/aromatic N) is 2. The third-order valence-corrected chi connectivity index (χ3v) is 7.76. The molecular weight excluding hydrogens is 506 g/mol. The van der Waals surface area contributed by atoms with Crippen molar-refractivity contribution in [3.63, 3.8) is 0 Å². The first-order valence-corrected chi connectivity index (χ1v) is 15.9. The zero-order chi connectivity index (χ0) is 26.8. The zero-order valence-corrected chi connectivity index (χ0v) is 23.7. The number of allylic oxidation sites excluding steroid dienone is 2. The maximum atomic E-state index is 12.2. The van der Waals surface area contributed by atoms with E-state index in [-0.39, 0.29) is 10.8 Å². The minimum absolute atomic E-state index is 0.0427. The van der Waals surface area contributed by atoms with Crippen molar-refractivity contribution in [1.29, 1.82) is 0 Å². The van der Waals surface area contributed by atoms with E-state index in [0.29, 0.717) is 23.2 Å². The number of rotatable bonds is 20. The zero-order valence-electron chi connectivity index (χ0n) is 22.1. The molecule has 10 heteroatoms. The summed E-state index contributed by atoms with van der Waals surface area (Å²) in [5.41, 5.74) is 0.873. The molecule has 2 aromatic rings. The second-order valence-corrected chi connectivity index (χ2v) is 11.9. The molecule has 1 amide bonds. The van der Waals surface area contributed by atoms with E-state index < -0.39 is 10.0 Å². The summed E-state index contributed by atoms with van der Waals surface area (Å²) in [7, 11) is -3.70. The van der Waals surface area contributed by atoms with Gasteiger partial charge in [-0.3, -0.25) is 4.79 Å². The lowest BCUT2D eigenvalue weighted by Gasteiger charge is -2.04. The number of anilines is 2. The van der Waals surface area contributed by atoms with Gasteiger partial charge in [0.15, 0.2) is 0 Å². The van der Waals surface area contributed by atoms with Gasteiger partial charge in [-0.15, -0.1) is 10.2 Å². The molecule has 37 heavy (non-hydrogen) atoms. The summed E-state index contributed by atoms with van der Waals surface area (Å²) >= 11 is 1.26. The van der Waals surface area contributed by atoms with Crippen LogP contribution in [0.2, 0.25) is 0 Å². The Morgan fingerprint density at radius 3 is 2.05 bits per heavy atom. The van der Waals surface area contributed by atoms with Crippen LogP contribution in [0, 0.1) is 0 Å². The minimum Gasteiger partial charge on any atom is -0.356 e. The molecule has 206 valence electrons. The normalized spacial score (nSPS) is 11.7. The summed E-state index contributed by atoms with van der Waals surface area (Å²) in [5, 5.41) is 20.1. The average molecular weight is 550 g/mol. The first-order valence-electron chi connectivity index (χ1n) is 13.5. The van der Waals surface area contributed by atoms with Gasteiger partial charge in [0.25, 0.3) is 0 Å². The van der Waals surface area contributed by atoms with E-state index in [9.17, 15) is 13.2 Å². The molecule has 0 aliphatic heterocycles. The molecule has 1 heterocycles. The van der Waals surface area contributed by atoms with Gasteiger partial charge in [0, 0.05) is 13.0 Å². The van der Waals surface area contributed by atoms with Crippen LogP contribution in [-0.2, 0) is 21.4 Å². The molecule has 2 rings (SSSR count). The largest absolute Gasteiger partial charge is 0.356 e. The Bertz CT molecular complexity index is 1040. The number of carbonyl (C=O) groups excluding carboxylic acids is 1. The van der Waals surface area contributed by atoms with Crippen LogP contribution < -0.4 is 15.8 Å². The molecule has 8 nitrogen and oxygen atoms in total. The third kappa shape index (κ3) is 14.3. The van der Waals surface area contributed by atoms with Crippen molar-refractivity contribution in [2.75, 3.05) is 10.6 Å². The number of nitrogens with one attached hydrogen (secondary N) is 2. The molecular formula is C27H43N5O3S2. The Morgan fingerprint density at radius 2 is 1.43 bits per heavy atom. The molecule has 0 aliphatic rings. The highest BCUT2D eigenvalue weighted by molar-refractivity contribution is 7.89. The van der Waals surface area contributed by atoms with Crippen molar-refractivity contribution in [2.45, 2.75) is 108 Å². The Morgan fingerprint density at radius 1 is 0.865 bits per heavy atom. The molecule has 0 bridgehead atoms. The predicted molar refractivity (Wildman–Crippen MR) is 153 cm³/mol. The Labute approximate surface area is 226 Å². The van der Waals surface area contributed by atoms with Gasteiger partial charge in [-0.05, 0) is 49.8 Å². The van der Waals surface area contributed by atoms with Crippen LogP contribution in [-0.4, -0.2) is 24.5 Å². The number of amides is 1. The lowest BCUT2D eigenvalue weighted by molar-refractivity contribution is -0.116. The number of hydrogen-bond acceptors (Lipinski definition) is 7. The van der Waals surface area contributed by atoms with Gasteiger partial charge < -0.3 is 10.6 Å². The van der Waals surface area contributed by atoms with Crippen LogP contribution in [0.3, 0.4) is 0 Å². The lowest BCUT2D eigenvalue weighted by atomic mass is 10.1. The van der Waals surface area contributed by atoms with Gasteiger partial charge >= 0.3 is 0 Å². The molecule has 1 aromatic carbocycles. The lowest BCUT2D eigenvalue weighted by Crippen LogP contribution is -2.12. The summed E-state index contributed by atoms with van der Waals surface area (Å²) in [5.74, 6) is -0.0427.